The first kappa shape index (κ1) is 18.1. The van der Waals surface area contributed by atoms with Gasteiger partial charge in [0.25, 0.3) is 0 Å². The molecule has 0 saturated carbocycles. The van der Waals surface area contributed by atoms with E-state index in [4.69, 9.17) is 0 Å². The van der Waals surface area contributed by atoms with E-state index in [0.717, 1.165) is 12.8 Å². The smallest absolute Gasteiger partial charge is 0.130 e. The monoisotopic (exact) mass is 298 g/mol. The van der Waals surface area contributed by atoms with Gasteiger partial charge in [-0.3, -0.25) is 0 Å². The van der Waals surface area contributed by atoms with Crippen molar-refractivity contribution < 1.29 is 8.78 Å². The minimum Gasteiger partial charge on any atom is -0.308 e. The first-order valence-corrected chi connectivity index (χ1v) is 7.76. The quantitative estimate of drug-likeness (QED) is 0.781. The summed E-state index contributed by atoms with van der Waals surface area (Å²) in [6, 6.07) is 4.02. The Hall–Kier alpha value is -1.00. The van der Waals surface area contributed by atoms with Gasteiger partial charge in [0, 0.05) is 24.2 Å². The van der Waals surface area contributed by atoms with E-state index in [2.05, 4.69) is 38.2 Å². The zero-order valence-electron chi connectivity index (χ0n) is 13.8. The van der Waals surface area contributed by atoms with E-state index in [1.54, 1.807) is 6.92 Å². The average Bonchev–Trinajstić information content (AvgIpc) is 2.42. The van der Waals surface area contributed by atoms with Crippen LogP contribution >= 0.6 is 0 Å². The predicted octanol–water partition coefficient (Wildman–Crippen LogP) is 3.98. The largest absolute Gasteiger partial charge is 0.308 e. The second kappa shape index (κ2) is 8.44. The number of rotatable bonds is 8. The Morgan fingerprint density at radius 3 is 2.05 bits per heavy atom. The highest BCUT2D eigenvalue weighted by atomic mass is 19.1. The molecule has 0 bridgehead atoms. The lowest BCUT2D eigenvalue weighted by molar-refractivity contribution is 0.190. The van der Waals surface area contributed by atoms with Crippen LogP contribution in [0.2, 0.25) is 0 Å². The van der Waals surface area contributed by atoms with Gasteiger partial charge < -0.3 is 10.2 Å². The molecule has 0 aromatic heterocycles. The second-order valence-electron chi connectivity index (χ2n) is 5.87. The van der Waals surface area contributed by atoms with Crippen molar-refractivity contribution in [3.63, 3.8) is 0 Å². The number of nitrogens with zero attached hydrogens (tertiary/aromatic N) is 1. The van der Waals surface area contributed by atoms with E-state index in [1.165, 1.54) is 18.2 Å². The van der Waals surface area contributed by atoms with Gasteiger partial charge in [0.1, 0.15) is 11.6 Å². The number of nitrogens with one attached hydrogen (secondary N) is 1. The van der Waals surface area contributed by atoms with Crippen molar-refractivity contribution in [2.24, 2.45) is 5.92 Å². The minimum absolute atomic E-state index is 0.125. The molecule has 2 unspecified atom stereocenters. The maximum Gasteiger partial charge on any atom is 0.130 e. The van der Waals surface area contributed by atoms with Crippen LogP contribution in [0, 0.1) is 17.6 Å². The SMILES string of the molecule is CCC(CC)C(CNC(C)c1c(F)cccc1F)N(C)C. The summed E-state index contributed by atoms with van der Waals surface area (Å²) in [6.45, 7) is 6.89. The lowest BCUT2D eigenvalue weighted by atomic mass is 9.93. The molecular formula is C17H28F2N2. The van der Waals surface area contributed by atoms with Gasteiger partial charge >= 0.3 is 0 Å². The zero-order chi connectivity index (χ0) is 16.0. The molecule has 0 aliphatic rings. The molecule has 4 heteroatoms. The van der Waals surface area contributed by atoms with E-state index in [-0.39, 0.29) is 11.6 Å². The maximum atomic E-state index is 13.8. The fraction of sp³-hybridized carbons (Fsp3) is 0.647. The molecule has 1 rings (SSSR count). The topological polar surface area (TPSA) is 15.3 Å². The number of halogens is 2. The summed E-state index contributed by atoms with van der Waals surface area (Å²) in [5.74, 6) is -0.400. The molecule has 0 saturated heterocycles. The normalized spacial score (nSPS) is 14.7. The van der Waals surface area contributed by atoms with Crippen molar-refractivity contribution in [1.82, 2.24) is 10.2 Å². The molecule has 21 heavy (non-hydrogen) atoms. The molecule has 0 radical (unpaired) electrons. The molecular weight excluding hydrogens is 270 g/mol. The standard InChI is InChI=1S/C17H28F2N2/c1-6-13(7-2)16(21(4)5)11-20-12(3)17-14(18)9-8-10-15(17)19/h8-10,12-13,16,20H,6-7,11H2,1-5H3. The molecule has 0 fully saturated rings. The summed E-state index contributed by atoms with van der Waals surface area (Å²) >= 11 is 0. The minimum atomic E-state index is -0.487. The lowest BCUT2D eigenvalue weighted by Crippen LogP contribution is -2.43. The van der Waals surface area contributed by atoms with E-state index in [9.17, 15) is 8.78 Å². The molecule has 2 atom stereocenters. The van der Waals surface area contributed by atoms with Gasteiger partial charge in [-0.25, -0.2) is 8.78 Å². The maximum absolute atomic E-state index is 13.8. The molecule has 120 valence electrons. The third kappa shape index (κ3) is 4.75. The van der Waals surface area contributed by atoms with Crippen LogP contribution in [-0.2, 0) is 0 Å². The van der Waals surface area contributed by atoms with Crippen molar-refractivity contribution in [3.05, 3.63) is 35.4 Å². The molecule has 0 heterocycles. The van der Waals surface area contributed by atoms with Crippen LogP contribution in [0.25, 0.3) is 0 Å². The predicted molar refractivity (Wildman–Crippen MR) is 84.3 cm³/mol. The Labute approximate surface area is 127 Å². The van der Waals surface area contributed by atoms with Crippen LogP contribution < -0.4 is 5.32 Å². The molecule has 1 aromatic carbocycles. The summed E-state index contributed by atoms with van der Waals surface area (Å²) in [6.07, 6.45) is 2.20. The first-order valence-electron chi connectivity index (χ1n) is 7.76. The third-order valence-corrected chi connectivity index (χ3v) is 4.32. The van der Waals surface area contributed by atoms with Gasteiger partial charge in [0.2, 0.25) is 0 Å². The van der Waals surface area contributed by atoms with E-state index in [0.29, 0.717) is 18.5 Å². The third-order valence-electron chi connectivity index (χ3n) is 4.32. The lowest BCUT2D eigenvalue weighted by Gasteiger charge is -2.32. The van der Waals surface area contributed by atoms with Crippen molar-refractivity contribution in [2.75, 3.05) is 20.6 Å². The van der Waals surface area contributed by atoms with Crippen LogP contribution in [0.15, 0.2) is 18.2 Å². The van der Waals surface area contributed by atoms with E-state index >= 15 is 0 Å². The summed E-state index contributed by atoms with van der Waals surface area (Å²) in [7, 11) is 4.11. The van der Waals surface area contributed by atoms with Crippen LogP contribution in [0.4, 0.5) is 8.78 Å². The van der Waals surface area contributed by atoms with E-state index < -0.39 is 11.6 Å². The van der Waals surface area contributed by atoms with Crippen molar-refractivity contribution in [2.45, 2.75) is 45.7 Å². The van der Waals surface area contributed by atoms with Crippen molar-refractivity contribution in [1.29, 1.82) is 0 Å². The molecule has 0 aliphatic carbocycles. The Kier molecular flexibility index (Phi) is 7.26. The number of hydrogen-bond acceptors (Lipinski definition) is 2. The van der Waals surface area contributed by atoms with Gasteiger partial charge in [-0.05, 0) is 39.1 Å². The van der Waals surface area contributed by atoms with Gasteiger partial charge in [0.05, 0.1) is 0 Å². The highest BCUT2D eigenvalue weighted by Crippen LogP contribution is 2.22. The van der Waals surface area contributed by atoms with Crippen LogP contribution in [-0.4, -0.2) is 31.6 Å². The van der Waals surface area contributed by atoms with Crippen LogP contribution in [0.5, 0.6) is 0 Å². The van der Waals surface area contributed by atoms with Gasteiger partial charge in [0.15, 0.2) is 0 Å². The van der Waals surface area contributed by atoms with Crippen molar-refractivity contribution in [3.8, 4) is 0 Å². The Morgan fingerprint density at radius 1 is 1.10 bits per heavy atom. The van der Waals surface area contributed by atoms with Crippen LogP contribution in [0.1, 0.15) is 45.2 Å². The molecule has 1 N–H and O–H groups in total. The molecule has 0 aliphatic heterocycles. The summed E-state index contributed by atoms with van der Waals surface area (Å²) < 4.78 is 27.6. The second-order valence-corrected chi connectivity index (χ2v) is 5.87. The van der Waals surface area contributed by atoms with Gasteiger partial charge in [-0.2, -0.15) is 0 Å². The van der Waals surface area contributed by atoms with E-state index in [1.807, 2.05) is 0 Å². The Morgan fingerprint density at radius 2 is 1.62 bits per heavy atom. The molecule has 0 spiro atoms. The molecule has 0 amide bonds. The summed E-state index contributed by atoms with van der Waals surface area (Å²) in [5, 5.41) is 3.29. The average molecular weight is 298 g/mol. The fourth-order valence-corrected chi connectivity index (χ4v) is 2.93. The van der Waals surface area contributed by atoms with Crippen molar-refractivity contribution >= 4 is 0 Å². The fourth-order valence-electron chi connectivity index (χ4n) is 2.93. The highest BCUT2D eigenvalue weighted by Gasteiger charge is 2.22. The number of benzene rings is 1. The summed E-state index contributed by atoms with van der Waals surface area (Å²) in [4.78, 5) is 2.19. The number of likely N-dealkylation sites (N-methyl/N-ethyl adjacent to an activating group) is 1. The zero-order valence-corrected chi connectivity index (χ0v) is 13.8. The number of hydrogen-bond donors (Lipinski definition) is 1. The Balaban J connectivity index is 2.76. The molecule has 1 aromatic rings. The van der Waals surface area contributed by atoms with Gasteiger partial charge in [-0.1, -0.05) is 32.8 Å². The van der Waals surface area contributed by atoms with Gasteiger partial charge in [-0.15, -0.1) is 0 Å². The molecule has 2 nitrogen and oxygen atoms in total. The summed E-state index contributed by atoms with van der Waals surface area (Å²) in [5.41, 5.74) is 0.125. The first-order chi connectivity index (χ1) is 9.92. The highest BCUT2D eigenvalue weighted by molar-refractivity contribution is 5.22. The van der Waals surface area contributed by atoms with Crippen LogP contribution in [0.3, 0.4) is 0 Å². The Bertz CT molecular complexity index is 411.